The number of hydrogen-bond acceptors (Lipinski definition) is 1. The summed E-state index contributed by atoms with van der Waals surface area (Å²) in [4.78, 5) is 2.31. The predicted molar refractivity (Wildman–Crippen MR) is 257 cm³/mol. The molecule has 1 unspecified atom stereocenters. The van der Waals surface area contributed by atoms with Crippen molar-refractivity contribution in [1.29, 1.82) is 0 Å². The fourth-order valence-electron chi connectivity index (χ4n) is 9.62. The molecule has 0 radical (unpaired) electrons. The van der Waals surface area contributed by atoms with Gasteiger partial charge in [-0.3, -0.25) is 0 Å². The third-order valence-electron chi connectivity index (χ3n) is 12.5. The van der Waals surface area contributed by atoms with Crippen LogP contribution in [-0.2, 0) is 6.42 Å². The summed E-state index contributed by atoms with van der Waals surface area (Å²) in [6, 6.07) is 73.1. The number of hydrogen-bond donors (Lipinski definition) is 0. The summed E-state index contributed by atoms with van der Waals surface area (Å²) in [6.07, 6.45) is 9.20. The first-order valence-corrected chi connectivity index (χ1v) is 21.2. The molecular weight excluding hydrogens is 725 g/mol. The quantitative estimate of drug-likeness (QED) is 0.140. The van der Waals surface area contributed by atoms with Crippen LogP contribution < -0.4 is 4.90 Å². The van der Waals surface area contributed by atoms with Gasteiger partial charge >= 0.3 is 0 Å². The molecule has 2 heteroatoms. The Bertz CT molecular complexity index is 3150. The van der Waals surface area contributed by atoms with E-state index < -0.39 is 0 Å². The molecule has 1 heterocycles. The van der Waals surface area contributed by atoms with Crippen molar-refractivity contribution in [1.82, 2.24) is 4.57 Å². The van der Waals surface area contributed by atoms with Crippen molar-refractivity contribution >= 4 is 66.1 Å². The molecule has 0 N–H and O–H groups in total. The highest BCUT2D eigenvalue weighted by molar-refractivity contribution is 6.16. The van der Waals surface area contributed by atoms with Crippen molar-refractivity contribution in [3.05, 3.63) is 230 Å². The summed E-state index contributed by atoms with van der Waals surface area (Å²) in [5, 5.41) is 7.86. The van der Waals surface area contributed by atoms with Crippen molar-refractivity contribution in [2.45, 2.75) is 25.7 Å². The van der Waals surface area contributed by atoms with E-state index in [4.69, 9.17) is 0 Å². The minimum absolute atomic E-state index is 0.252. The van der Waals surface area contributed by atoms with Gasteiger partial charge in [-0.05, 0) is 135 Å². The summed E-state index contributed by atoms with van der Waals surface area (Å²) in [5.74, 6) is 0.252. The molecule has 10 aromatic rings. The second-order valence-corrected chi connectivity index (χ2v) is 15.9. The lowest BCUT2D eigenvalue weighted by Gasteiger charge is -2.25. The lowest BCUT2D eigenvalue weighted by atomic mass is 9.81. The Hall–Kier alpha value is -7.42. The van der Waals surface area contributed by atoms with Gasteiger partial charge in [0.1, 0.15) is 0 Å². The maximum absolute atomic E-state index is 2.48. The van der Waals surface area contributed by atoms with Gasteiger partial charge < -0.3 is 9.47 Å². The monoisotopic (exact) mass is 768 g/mol. The van der Waals surface area contributed by atoms with Crippen molar-refractivity contribution in [2.75, 3.05) is 4.90 Å². The summed E-state index contributed by atoms with van der Waals surface area (Å²) < 4.78 is 2.48. The van der Waals surface area contributed by atoms with Crippen LogP contribution >= 0.6 is 0 Å². The van der Waals surface area contributed by atoms with Gasteiger partial charge in [-0.15, -0.1) is 0 Å². The van der Waals surface area contributed by atoms with E-state index in [0.29, 0.717) is 0 Å². The number of fused-ring (bicyclic) bond motifs is 5. The van der Waals surface area contributed by atoms with E-state index in [-0.39, 0.29) is 5.92 Å². The first-order chi connectivity index (χ1) is 29.7. The fraction of sp³-hybridized carbons (Fsp3) is 0.0690. The van der Waals surface area contributed by atoms with Crippen LogP contribution in [0.5, 0.6) is 0 Å². The molecule has 60 heavy (non-hydrogen) atoms. The number of aromatic nitrogens is 1. The van der Waals surface area contributed by atoms with Crippen LogP contribution in [0.1, 0.15) is 30.4 Å². The minimum atomic E-state index is 0.252. The average molecular weight is 769 g/mol. The van der Waals surface area contributed by atoms with Gasteiger partial charge in [0.05, 0.1) is 11.0 Å². The molecule has 0 bridgehead atoms. The number of rotatable bonds is 8. The molecule has 11 rings (SSSR count). The molecule has 1 aliphatic rings. The number of nitrogens with zero attached hydrogens (tertiary/aromatic N) is 2. The van der Waals surface area contributed by atoms with E-state index in [1.165, 1.54) is 82.4 Å². The maximum atomic E-state index is 2.48. The van der Waals surface area contributed by atoms with Gasteiger partial charge in [-0.25, -0.2) is 0 Å². The summed E-state index contributed by atoms with van der Waals surface area (Å²) in [7, 11) is 0. The SMILES string of the molecule is CCc1ccc2c(c1)c1cc(-c3ccc(N(c4ccccc4)c4ccccc4)cc3)ccc1n2C1=CCC(c2c3ccccc3c(-c3ccccc3)c3ccccc23)C=C1. The van der Waals surface area contributed by atoms with Crippen molar-refractivity contribution in [3.8, 4) is 22.3 Å². The Labute approximate surface area is 351 Å². The van der Waals surface area contributed by atoms with Crippen LogP contribution in [0.15, 0.2) is 218 Å². The molecule has 9 aromatic carbocycles. The van der Waals surface area contributed by atoms with E-state index in [1.807, 2.05) is 0 Å². The fourth-order valence-corrected chi connectivity index (χ4v) is 9.62. The zero-order chi connectivity index (χ0) is 40.0. The molecule has 0 spiro atoms. The molecule has 0 saturated heterocycles. The van der Waals surface area contributed by atoms with Crippen LogP contribution in [0.2, 0.25) is 0 Å². The number of anilines is 3. The standard InChI is InChI=1S/C58H44N2/c1-2-40-26-36-55-53(38-40)54-39-44(41-27-32-47(33-28-41)59(45-18-8-4-9-19-45)46-20-10-5-11-21-46)31-37-56(54)60(55)48-34-29-43(30-35-48)58-51-24-14-12-22-49(51)57(42-16-6-3-7-17-42)50-23-13-15-25-52(50)58/h3-29,31-39,43H,2,30H2,1H3. The molecule has 0 aliphatic heterocycles. The van der Waals surface area contributed by atoms with Crippen LogP contribution in [-0.4, -0.2) is 4.57 Å². The van der Waals surface area contributed by atoms with Gasteiger partial charge in [0.2, 0.25) is 0 Å². The first-order valence-electron chi connectivity index (χ1n) is 21.2. The highest BCUT2D eigenvalue weighted by atomic mass is 15.1. The Balaban J connectivity index is 0.978. The molecule has 1 aromatic heterocycles. The lowest BCUT2D eigenvalue weighted by molar-refractivity contribution is 0.865. The minimum Gasteiger partial charge on any atom is -0.311 e. The Morgan fingerprint density at radius 1 is 0.467 bits per heavy atom. The molecule has 1 atom stereocenters. The number of allylic oxidation sites excluding steroid dienone is 4. The third-order valence-corrected chi connectivity index (χ3v) is 12.5. The number of para-hydroxylation sites is 2. The van der Waals surface area contributed by atoms with Gasteiger partial charge in [0.15, 0.2) is 0 Å². The molecule has 1 aliphatic carbocycles. The van der Waals surface area contributed by atoms with Gasteiger partial charge in [-0.1, -0.05) is 159 Å². The van der Waals surface area contributed by atoms with Gasteiger partial charge in [-0.2, -0.15) is 0 Å². The maximum Gasteiger partial charge on any atom is 0.0541 e. The molecule has 0 fully saturated rings. The van der Waals surface area contributed by atoms with Crippen LogP contribution in [0, 0.1) is 0 Å². The molecular formula is C58H44N2. The van der Waals surface area contributed by atoms with E-state index in [0.717, 1.165) is 29.9 Å². The van der Waals surface area contributed by atoms with E-state index in [1.54, 1.807) is 0 Å². The predicted octanol–water partition coefficient (Wildman–Crippen LogP) is 16.1. The van der Waals surface area contributed by atoms with Crippen molar-refractivity contribution < 1.29 is 0 Å². The van der Waals surface area contributed by atoms with E-state index in [9.17, 15) is 0 Å². The Morgan fingerprint density at radius 3 is 1.57 bits per heavy atom. The molecule has 0 saturated carbocycles. The zero-order valence-electron chi connectivity index (χ0n) is 33.7. The second-order valence-electron chi connectivity index (χ2n) is 15.9. The normalized spacial score (nSPS) is 13.9. The Kier molecular flexibility index (Phi) is 8.97. The van der Waals surface area contributed by atoms with E-state index in [2.05, 4.69) is 235 Å². The van der Waals surface area contributed by atoms with Crippen molar-refractivity contribution in [2.24, 2.45) is 0 Å². The summed E-state index contributed by atoms with van der Waals surface area (Å²) in [5.41, 5.74) is 14.9. The smallest absolute Gasteiger partial charge is 0.0541 e. The summed E-state index contributed by atoms with van der Waals surface area (Å²) >= 11 is 0. The van der Waals surface area contributed by atoms with Crippen LogP contribution in [0.25, 0.3) is 71.3 Å². The average Bonchev–Trinajstić information content (AvgIpc) is 3.65. The number of benzene rings is 9. The zero-order valence-corrected chi connectivity index (χ0v) is 33.7. The van der Waals surface area contributed by atoms with Crippen LogP contribution in [0.4, 0.5) is 17.1 Å². The first kappa shape index (κ1) is 35.7. The van der Waals surface area contributed by atoms with Crippen molar-refractivity contribution in [3.63, 3.8) is 0 Å². The highest BCUT2D eigenvalue weighted by Crippen LogP contribution is 2.45. The molecule has 2 nitrogen and oxygen atoms in total. The lowest BCUT2D eigenvalue weighted by Crippen LogP contribution is -2.09. The van der Waals surface area contributed by atoms with Gasteiger partial charge in [0, 0.05) is 39.4 Å². The van der Waals surface area contributed by atoms with Gasteiger partial charge in [0.25, 0.3) is 0 Å². The van der Waals surface area contributed by atoms with E-state index >= 15 is 0 Å². The third kappa shape index (κ3) is 6.12. The summed E-state index contributed by atoms with van der Waals surface area (Å²) in [6.45, 7) is 2.24. The highest BCUT2D eigenvalue weighted by Gasteiger charge is 2.23. The largest absolute Gasteiger partial charge is 0.311 e. The molecule has 0 amide bonds. The number of aryl methyl sites for hydroxylation is 1. The topological polar surface area (TPSA) is 8.17 Å². The molecule has 286 valence electrons. The second kappa shape index (κ2) is 15.1. The Morgan fingerprint density at radius 2 is 0.983 bits per heavy atom. The van der Waals surface area contributed by atoms with Crippen LogP contribution in [0.3, 0.4) is 0 Å².